The van der Waals surface area contributed by atoms with Crippen LogP contribution in [0.25, 0.3) is 22.4 Å². The third-order valence-corrected chi connectivity index (χ3v) is 2.79. The number of pyridine rings is 1. The second-order valence-corrected chi connectivity index (χ2v) is 3.84. The normalized spacial score (nSPS) is 10.4. The molecule has 86 valence electrons. The van der Waals surface area contributed by atoms with Crippen LogP contribution >= 0.6 is 0 Å². The fourth-order valence-corrected chi connectivity index (χ4v) is 1.95. The number of hydrogen-bond acceptors (Lipinski definition) is 3. The van der Waals surface area contributed by atoms with Crippen molar-refractivity contribution < 1.29 is 4.42 Å². The van der Waals surface area contributed by atoms with Gasteiger partial charge in [-0.3, -0.25) is 4.79 Å². The molecule has 4 heteroatoms. The standard InChI is InChI=1S/C14H8N2O2/c15-8-10-13(12-6-3-7-18-12)16-11-5-2-1-4-9(11)14(10)17/h1-7H,(H,16,17). The zero-order valence-corrected chi connectivity index (χ0v) is 9.31. The number of nitriles is 1. The van der Waals surface area contributed by atoms with Gasteiger partial charge in [0.2, 0.25) is 5.43 Å². The summed E-state index contributed by atoms with van der Waals surface area (Å²) in [6.45, 7) is 0. The van der Waals surface area contributed by atoms with Crippen LogP contribution in [0.5, 0.6) is 0 Å². The first-order valence-electron chi connectivity index (χ1n) is 5.40. The largest absolute Gasteiger partial charge is 0.463 e. The van der Waals surface area contributed by atoms with Gasteiger partial charge in [0, 0.05) is 10.9 Å². The van der Waals surface area contributed by atoms with Crippen LogP contribution < -0.4 is 5.43 Å². The lowest BCUT2D eigenvalue weighted by Gasteiger charge is -2.04. The molecule has 1 N–H and O–H groups in total. The van der Waals surface area contributed by atoms with Crippen LogP contribution in [0.3, 0.4) is 0 Å². The molecule has 0 saturated carbocycles. The fourth-order valence-electron chi connectivity index (χ4n) is 1.95. The van der Waals surface area contributed by atoms with Gasteiger partial charge in [0.05, 0.1) is 6.26 Å². The number of nitrogens with one attached hydrogen (secondary N) is 1. The average molecular weight is 236 g/mol. The first-order chi connectivity index (χ1) is 8.81. The Morgan fingerprint density at radius 2 is 2.00 bits per heavy atom. The number of furan rings is 1. The van der Waals surface area contributed by atoms with E-state index in [1.165, 1.54) is 6.26 Å². The minimum atomic E-state index is -0.279. The van der Waals surface area contributed by atoms with Crippen molar-refractivity contribution in [1.82, 2.24) is 4.98 Å². The van der Waals surface area contributed by atoms with Crippen LogP contribution in [-0.4, -0.2) is 4.98 Å². The van der Waals surface area contributed by atoms with Crippen molar-refractivity contribution in [2.24, 2.45) is 0 Å². The highest BCUT2D eigenvalue weighted by Crippen LogP contribution is 2.22. The summed E-state index contributed by atoms with van der Waals surface area (Å²) in [6, 6.07) is 12.5. The predicted octanol–water partition coefficient (Wildman–Crippen LogP) is 2.66. The van der Waals surface area contributed by atoms with Gasteiger partial charge in [-0.15, -0.1) is 0 Å². The Bertz CT molecular complexity index is 808. The van der Waals surface area contributed by atoms with Crippen LogP contribution in [0.1, 0.15) is 5.56 Å². The maximum absolute atomic E-state index is 12.2. The van der Waals surface area contributed by atoms with Crippen LogP contribution in [0.4, 0.5) is 0 Å². The Morgan fingerprint density at radius 3 is 2.72 bits per heavy atom. The number of benzene rings is 1. The monoisotopic (exact) mass is 236 g/mol. The molecule has 0 saturated heterocycles. The summed E-state index contributed by atoms with van der Waals surface area (Å²) in [6.07, 6.45) is 1.50. The van der Waals surface area contributed by atoms with Crippen molar-refractivity contribution in [3.05, 3.63) is 58.4 Å². The van der Waals surface area contributed by atoms with E-state index < -0.39 is 0 Å². The molecule has 0 radical (unpaired) electrons. The zero-order chi connectivity index (χ0) is 12.5. The summed E-state index contributed by atoms with van der Waals surface area (Å²) in [4.78, 5) is 15.3. The van der Waals surface area contributed by atoms with E-state index in [9.17, 15) is 4.79 Å². The van der Waals surface area contributed by atoms with Gasteiger partial charge >= 0.3 is 0 Å². The van der Waals surface area contributed by atoms with Crippen molar-refractivity contribution >= 4 is 10.9 Å². The van der Waals surface area contributed by atoms with E-state index in [2.05, 4.69) is 4.98 Å². The number of H-pyrrole nitrogens is 1. The van der Waals surface area contributed by atoms with Gasteiger partial charge in [-0.1, -0.05) is 12.1 Å². The molecular weight excluding hydrogens is 228 g/mol. The van der Waals surface area contributed by atoms with Gasteiger partial charge in [-0.25, -0.2) is 0 Å². The summed E-state index contributed by atoms with van der Waals surface area (Å²) >= 11 is 0. The molecule has 0 unspecified atom stereocenters. The van der Waals surface area contributed by atoms with Crippen molar-refractivity contribution in [3.63, 3.8) is 0 Å². The third-order valence-electron chi connectivity index (χ3n) is 2.79. The topological polar surface area (TPSA) is 69.8 Å². The predicted molar refractivity (Wildman–Crippen MR) is 67.0 cm³/mol. The summed E-state index contributed by atoms with van der Waals surface area (Å²) in [5.41, 5.74) is 0.904. The summed E-state index contributed by atoms with van der Waals surface area (Å²) in [7, 11) is 0. The fraction of sp³-hybridized carbons (Fsp3) is 0. The van der Waals surface area contributed by atoms with Crippen molar-refractivity contribution in [1.29, 1.82) is 5.26 Å². The molecule has 3 aromatic rings. The highest BCUT2D eigenvalue weighted by molar-refractivity contribution is 5.83. The molecular formula is C14H8N2O2. The van der Waals surface area contributed by atoms with E-state index in [1.807, 2.05) is 12.1 Å². The third kappa shape index (κ3) is 1.42. The van der Waals surface area contributed by atoms with Gasteiger partial charge in [0.15, 0.2) is 5.76 Å². The molecule has 0 bridgehead atoms. The van der Waals surface area contributed by atoms with Gasteiger partial charge in [0.1, 0.15) is 17.3 Å². The Balaban J connectivity index is 2.47. The van der Waals surface area contributed by atoms with Gasteiger partial charge in [-0.05, 0) is 24.3 Å². The van der Waals surface area contributed by atoms with E-state index in [1.54, 1.807) is 30.3 Å². The average Bonchev–Trinajstić information content (AvgIpc) is 2.92. The van der Waals surface area contributed by atoms with Crippen LogP contribution in [0.15, 0.2) is 51.9 Å². The van der Waals surface area contributed by atoms with Crippen LogP contribution in [-0.2, 0) is 0 Å². The Hall–Kier alpha value is -2.80. The first kappa shape index (κ1) is 10.4. The number of nitrogens with zero attached hydrogens (tertiary/aromatic N) is 1. The van der Waals surface area contributed by atoms with Crippen molar-refractivity contribution in [3.8, 4) is 17.5 Å². The lowest BCUT2D eigenvalue weighted by Crippen LogP contribution is -2.09. The van der Waals surface area contributed by atoms with E-state index in [4.69, 9.17) is 9.68 Å². The highest BCUT2D eigenvalue weighted by Gasteiger charge is 2.14. The minimum Gasteiger partial charge on any atom is -0.463 e. The maximum atomic E-state index is 12.2. The van der Waals surface area contributed by atoms with Crippen LogP contribution in [0, 0.1) is 11.3 Å². The molecule has 3 rings (SSSR count). The van der Waals surface area contributed by atoms with Gasteiger partial charge in [0.25, 0.3) is 0 Å². The maximum Gasteiger partial charge on any atom is 0.207 e. The smallest absolute Gasteiger partial charge is 0.207 e. The molecule has 0 amide bonds. The Morgan fingerprint density at radius 1 is 1.17 bits per heavy atom. The van der Waals surface area contributed by atoms with Crippen molar-refractivity contribution in [2.75, 3.05) is 0 Å². The number of hydrogen-bond donors (Lipinski definition) is 1. The molecule has 2 heterocycles. The summed E-state index contributed by atoms with van der Waals surface area (Å²) in [5.74, 6) is 0.481. The Kier molecular flexibility index (Phi) is 2.24. The molecule has 0 spiro atoms. The molecule has 0 aliphatic rings. The van der Waals surface area contributed by atoms with E-state index >= 15 is 0 Å². The lowest BCUT2D eigenvalue weighted by atomic mass is 10.1. The summed E-state index contributed by atoms with van der Waals surface area (Å²) in [5, 5.41) is 9.65. The number of fused-ring (bicyclic) bond motifs is 1. The molecule has 0 fully saturated rings. The quantitative estimate of drug-likeness (QED) is 0.706. The second-order valence-electron chi connectivity index (χ2n) is 3.84. The first-order valence-corrected chi connectivity index (χ1v) is 5.40. The van der Waals surface area contributed by atoms with Crippen LogP contribution in [0.2, 0.25) is 0 Å². The van der Waals surface area contributed by atoms with E-state index in [0.717, 1.165) is 0 Å². The second kappa shape index (κ2) is 3.90. The number of aromatic amines is 1. The number of para-hydroxylation sites is 1. The number of rotatable bonds is 1. The minimum absolute atomic E-state index is 0.0728. The Labute approximate surface area is 102 Å². The molecule has 2 aromatic heterocycles. The molecule has 0 atom stereocenters. The zero-order valence-electron chi connectivity index (χ0n) is 9.31. The van der Waals surface area contributed by atoms with Gasteiger partial charge in [-0.2, -0.15) is 5.26 Å². The molecule has 18 heavy (non-hydrogen) atoms. The van der Waals surface area contributed by atoms with Crippen molar-refractivity contribution in [2.45, 2.75) is 0 Å². The number of aromatic nitrogens is 1. The molecule has 1 aromatic carbocycles. The van der Waals surface area contributed by atoms with E-state index in [0.29, 0.717) is 22.4 Å². The molecule has 0 aliphatic heterocycles. The summed E-state index contributed by atoms with van der Waals surface area (Å²) < 4.78 is 5.24. The molecule has 4 nitrogen and oxygen atoms in total. The van der Waals surface area contributed by atoms with E-state index in [-0.39, 0.29) is 11.0 Å². The SMILES string of the molecule is N#Cc1c(-c2ccco2)[nH]c2ccccc2c1=O. The lowest BCUT2D eigenvalue weighted by molar-refractivity contribution is 0.580. The highest BCUT2D eigenvalue weighted by atomic mass is 16.3. The molecule has 0 aliphatic carbocycles. The van der Waals surface area contributed by atoms with Gasteiger partial charge < -0.3 is 9.40 Å².